The van der Waals surface area contributed by atoms with Crippen LogP contribution in [0.4, 0.5) is 5.13 Å². The standard InChI is InChI=1S/C20H23N5O2S2/c1-28-15-7-5-14(6-8-15)9-10-21-17(26)16-13-22-19-25(18(16)27)23-20(29-19)24-11-3-2-4-12-24/h5-8,13H,2-4,9-12H2,1H3,(H,21,26). The fourth-order valence-corrected chi connectivity index (χ4v) is 4.67. The van der Waals surface area contributed by atoms with Gasteiger partial charge in [0, 0.05) is 30.7 Å². The number of nitrogens with one attached hydrogen (secondary N) is 1. The zero-order valence-corrected chi connectivity index (χ0v) is 17.9. The van der Waals surface area contributed by atoms with E-state index in [-0.39, 0.29) is 5.56 Å². The van der Waals surface area contributed by atoms with Gasteiger partial charge in [-0.1, -0.05) is 23.5 Å². The fraction of sp³-hybridized carbons (Fsp3) is 0.400. The molecule has 2 aromatic heterocycles. The molecule has 0 spiro atoms. The van der Waals surface area contributed by atoms with E-state index >= 15 is 0 Å². The van der Waals surface area contributed by atoms with E-state index in [1.165, 1.54) is 33.4 Å². The van der Waals surface area contributed by atoms with Gasteiger partial charge in [-0.15, -0.1) is 16.9 Å². The Morgan fingerprint density at radius 2 is 1.97 bits per heavy atom. The Balaban J connectivity index is 1.44. The van der Waals surface area contributed by atoms with Crippen LogP contribution < -0.4 is 15.8 Å². The average molecular weight is 430 g/mol. The number of thioether (sulfide) groups is 1. The third-order valence-corrected chi connectivity index (χ3v) is 6.73. The van der Waals surface area contributed by atoms with Crippen molar-refractivity contribution in [1.29, 1.82) is 0 Å². The number of fused-ring (bicyclic) bond motifs is 1. The number of piperidine rings is 1. The molecule has 1 saturated heterocycles. The Bertz CT molecular complexity index is 1050. The number of hydrogen-bond donors (Lipinski definition) is 1. The molecule has 0 saturated carbocycles. The number of anilines is 1. The number of benzene rings is 1. The quantitative estimate of drug-likeness (QED) is 0.607. The Morgan fingerprint density at radius 1 is 1.21 bits per heavy atom. The highest BCUT2D eigenvalue weighted by molar-refractivity contribution is 7.98. The van der Waals surface area contributed by atoms with Crippen LogP contribution in [0.2, 0.25) is 0 Å². The van der Waals surface area contributed by atoms with E-state index in [4.69, 9.17) is 0 Å². The van der Waals surface area contributed by atoms with Gasteiger partial charge < -0.3 is 10.2 Å². The minimum Gasteiger partial charge on any atom is -0.351 e. The highest BCUT2D eigenvalue weighted by atomic mass is 32.2. The molecular weight excluding hydrogens is 406 g/mol. The van der Waals surface area contributed by atoms with Crippen molar-refractivity contribution in [2.45, 2.75) is 30.6 Å². The van der Waals surface area contributed by atoms with Gasteiger partial charge in [0.25, 0.3) is 11.5 Å². The van der Waals surface area contributed by atoms with E-state index < -0.39 is 11.5 Å². The summed E-state index contributed by atoms with van der Waals surface area (Å²) in [7, 11) is 0. The summed E-state index contributed by atoms with van der Waals surface area (Å²) in [5, 5.41) is 8.04. The lowest BCUT2D eigenvalue weighted by Gasteiger charge is -2.25. The van der Waals surface area contributed by atoms with Crippen LogP contribution in [0.25, 0.3) is 4.96 Å². The Morgan fingerprint density at radius 3 is 2.69 bits per heavy atom. The monoisotopic (exact) mass is 429 g/mol. The van der Waals surface area contributed by atoms with Gasteiger partial charge in [0.15, 0.2) is 0 Å². The van der Waals surface area contributed by atoms with Gasteiger partial charge in [0.2, 0.25) is 10.1 Å². The van der Waals surface area contributed by atoms with E-state index in [1.807, 2.05) is 6.26 Å². The molecule has 1 fully saturated rings. The molecule has 4 rings (SSSR count). The molecule has 0 radical (unpaired) electrons. The first-order valence-corrected chi connectivity index (χ1v) is 11.7. The molecule has 0 unspecified atom stereocenters. The second kappa shape index (κ2) is 8.96. The zero-order chi connectivity index (χ0) is 20.2. The number of hydrogen-bond acceptors (Lipinski definition) is 7. The van der Waals surface area contributed by atoms with Crippen molar-refractivity contribution in [3.8, 4) is 0 Å². The van der Waals surface area contributed by atoms with Crippen LogP contribution in [0.5, 0.6) is 0 Å². The van der Waals surface area contributed by atoms with Crippen molar-refractivity contribution >= 4 is 39.1 Å². The molecule has 1 amide bonds. The summed E-state index contributed by atoms with van der Waals surface area (Å²) in [5.74, 6) is -0.412. The minimum absolute atomic E-state index is 0.0238. The maximum atomic E-state index is 12.8. The number of aromatic nitrogens is 3. The third-order valence-electron chi connectivity index (χ3n) is 5.01. The van der Waals surface area contributed by atoms with Gasteiger partial charge >= 0.3 is 0 Å². The molecule has 0 atom stereocenters. The number of amides is 1. The lowest BCUT2D eigenvalue weighted by atomic mass is 10.1. The van der Waals surface area contributed by atoms with Crippen LogP contribution >= 0.6 is 23.1 Å². The van der Waals surface area contributed by atoms with Crippen LogP contribution in [0.15, 0.2) is 40.2 Å². The summed E-state index contributed by atoms with van der Waals surface area (Å²) in [6, 6.07) is 8.23. The van der Waals surface area contributed by atoms with Crippen LogP contribution in [0.1, 0.15) is 35.2 Å². The summed E-state index contributed by atoms with van der Waals surface area (Å²) >= 11 is 3.08. The van der Waals surface area contributed by atoms with E-state index in [2.05, 4.69) is 44.6 Å². The summed E-state index contributed by atoms with van der Waals surface area (Å²) in [4.78, 5) is 33.5. The van der Waals surface area contributed by atoms with Gasteiger partial charge in [0.1, 0.15) is 5.56 Å². The largest absolute Gasteiger partial charge is 0.351 e. The predicted octanol–water partition coefficient (Wildman–Crippen LogP) is 2.84. The Kier molecular flexibility index (Phi) is 6.15. The first-order chi connectivity index (χ1) is 14.2. The summed E-state index contributed by atoms with van der Waals surface area (Å²) in [5.41, 5.74) is 0.742. The molecule has 3 heterocycles. The molecule has 1 aliphatic heterocycles. The number of rotatable bonds is 6. The van der Waals surface area contributed by atoms with E-state index in [0.29, 0.717) is 17.9 Å². The van der Waals surface area contributed by atoms with Gasteiger partial charge in [-0.3, -0.25) is 9.59 Å². The third kappa shape index (κ3) is 4.45. The predicted molar refractivity (Wildman–Crippen MR) is 117 cm³/mol. The lowest BCUT2D eigenvalue weighted by molar-refractivity contribution is 0.0952. The van der Waals surface area contributed by atoms with Crippen LogP contribution in [0.3, 0.4) is 0 Å². The van der Waals surface area contributed by atoms with Crippen molar-refractivity contribution in [3.05, 3.63) is 51.9 Å². The van der Waals surface area contributed by atoms with Crippen LogP contribution in [0, 0.1) is 0 Å². The van der Waals surface area contributed by atoms with Gasteiger partial charge in [0.05, 0.1) is 0 Å². The molecule has 152 valence electrons. The van der Waals surface area contributed by atoms with Crippen molar-refractivity contribution < 1.29 is 4.79 Å². The lowest BCUT2D eigenvalue weighted by Crippen LogP contribution is -2.33. The van der Waals surface area contributed by atoms with Crippen molar-refractivity contribution in [3.63, 3.8) is 0 Å². The highest BCUT2D eigenvalue weighted by Crippen LogP contribution is 2.24. The molecule has 1 aliphatic rings. The highest BCUT2D eigenvalue weighted by Gasteiger charge is 2.19. The molecular formula is C20H23N5O2S2. The normalized spacial score (nSPS) is 14.3. The summed E-state index contributed by atoms with van der Waals surface area (Å²) in [6.07, 6.45) is 7.59. The molecule has 3 aromatic rings. The van der Waals surface area contributed by atoms with E-state index in [1.54, 1.807) is 11.8 Å². The first kappa shape index (κ1) is 19.9. The topological polar surface area (TPSA) is 79.6 Å². The number of carbonyl (C=O) groups excluding carboxylic acids is 1. The van der Waals surface area contributed by atoms with Crippen LogP contribution in [-0.4, -0.2) is 46.4 Å². The second-order valence-corrected chi connectivity index (χ2v) is 8.77. The number of nitrogens with zero attached hydrogens (tertiary/aromatic N) is 4. The first-order valence-electron chi connectivity index (χ1n) is 9.70. The molecule has 9 heteroatoms. The molecule has 7 nitrogen and oxygen atoms in total. The smallest absolute Gasteiger partial charge is 0.288 e. The molecule has 29 heavy (non-hydrogen) atoms. The number of carbonyl (C=O) groups is 1. The maximum absolute atomic E-state index is 12.8. The zero-order valence-electron chi connectivity index (χ0n) is 16.3. The van der Waals surface area contributed by atoms with Crippen molar-refractivity contribution in [2.75, 3.05) is 30.8 Å². The van der Waals surface area contributed by atoms with E-state index in [0.717, 1.165) is 36.6 Å². The minimum atomic E-state index is -0.420. The second-order valence-electron chi connectivity index (χ2n) is 6.96. The maximum Gasteiger partial charge on any atom is 0.288 e. The Hall–Kier alpha value is -2.39. The summed E-state index contributed by atoms with van der Waals surface area (Å²) in [6.45, 7) is 2.34. The SMILES string of the molecule is CSc1ccc(CCNC(=O)c2cnc3sc(N4CCCCC4)nn3c2=O)cc1. The fourth-order valence-electron chi connectivity index (χ4n) is 3.35. The van der Waals surface area contributed by atoms with Gasteiger partial charge in [-0.2, -0.15) is 4.52 Å². The molecule has 1 N–H and O–H groups in total. The molecule has 0 bridgehead atoms. The van der Waals surface area contributed by atoms with Crippen molar-refractivity contribution in [2.24, 2.45) is 0 Å². The van der Waals surface area contributed by atoms with Gasteiger partial charge in [-0.25, -0.2) is 4.98 Å². The Labute approximate surface area is 177 Å². The van der Waals surface area contributed by atoms with Gasteiger partial charge in [-0.05, 0) is 49.6 Å². The molecule has 1 aromatic carbocycles. The summed E-state index contributed by atoms with van der Waals surface area (Å²) < 4.78 is 1.25. The van der Waals surface area contributed by atoms with E-state index in [9.17, 15) is 9.59 Å². The van der Waals surface area contributed by atoms with Crippen LogP contribution in [-0.2, 0) is 6.42 Å². The van der Waals surface area contributed by atoms with Crippen molar-refractivity contribution in [1.82, 2.24) is 19.9 Å². The average Bonchev–Trinajstić information content (AvgIpc) is 3.20. The molecule has 0 aliphatic carbocycles.